The molecule has 0 aromatic heterocycles. The lowest BCUT2D eigenvalue weighted by Crippen LogP contribution is -2.08. The Bertz CT molecular complexity index is 2340. The Morgan fingerprint density at radius 3 is 0.848 bits per heavy atom. The van der Waals surface area contributed by atoms with Gasteiger partial charge < -0.3 is 73.7 Å². The third-order valence-corrected chi connectivity index (χ3v) is 27.9. The van der Waals surface area contributed by atoms with Crippen LogP contribution >= 0.6 is 96.0 Å². The van der Waals surface area contributed by atoms with Gasteiger partial charge in [0.15, 0.2) is 59.0 Å². The molecule has 1 fully saturated rings. The first-order valence-electron chi connectivity index (χ1n) is 31.8. The maximum absolute atomic E-state index is 11.2. The first-order valence-corrected chi connectivity index (χ1v) is 61.8. The fourth-order valence-electron chi connectivity index (χ4n) is 3.99. The smallest absolute Gasteiger partial charge is 0.330 e. The van der Waals surface area contributed by atoms with Crippen LogP contribution in [0.5, 0.6) is 0 Å². The molecule has 1 heterocycles. The third-order valence-electron chi connectivity index (χ3n) is 9.49. The molecule has 0 aromatic rings. The normalized spacial score (nSPS) is 16.2. The van der Waals surface area contributed by atoms with Crippen LogP contribution in [0.4, 0.5) is 0 Å². The monoisotopic (exact) mass is 1700 g/mol. The first kappa shape index (κ1) is 134. The second-order valence-electron chi connectivity index (χ2n) is 22.1. The molecule has 0 aromatic carbocycles. The van der Waals surface area contributed by atoms with Crippen molar-refractivity contribution >= 4 is 96.0 Å². The zero-order valence-corrected chi connectivity index (χ0v) is 78.4. The highest BCUT2D eigenvalue weighted by Crippen LogP contribution is 2.50. The van der Waals surface area contributed by atoms with E-state index in [1.807, 2.05) is 76.2 Å². The quantitative estimate of drug-likeness (QED) is 0.0643. The van der Waals surface area contributed by atoms with Gasteiger partial charge in [-0.25, -0.2) is 0 Å². The van der Waals surface area contributed by atoms with Crippen LogP contribution in [0.15, 0.2) is 11.9 Å². The Hall–Kier alpha value is 2.13. The van der Waals surface area contributed by atoms with Crippen LogP contribution in [0, 0.1) is 0 Å². The van der Waals surface area contributed by atoms with Crippen molar-refractivity contribution in [3.63, 3.8) is 0 Å². The molecule has 0 saturated carbocycles. The van der Waals surface area contributed by atoms with Crippen LogP contribution in [0.3, 0.4) is 0 Å². The maximum Gasteiger partial charge on any atom is 0.330 e. The summed E-state index contributed by atoms with van der Waals surface area (Å²) in [7, 11) is -27.4. The lowest BCUT2D eigenvalue weighted by molar-refractivity contribution is 0.147. The highest BCUT2D eigenvalue weighted by Gasteiger charge is 2.25. The second-order valence-corrected chi connectivity index (χ2v) is 57.9. The fourth-order valence-corrected chi connectivity index (χ4v) is 11.8. The Morgan fingerprint density at radius 1 is 0.434 bits per heavy atom. The van der Waals surface area contributed by atoms with Crippen molar-refractivity contribution < 1.29 is 129 Å². The van der Waals surface area contributed by atoms with E-state index in [0.717, 1.165) is 19.0 Å². The van der Waals surface area contributed by atoms with Crippen LogP contribution in [0.1, 0.15) is 138 Å². The van der Waals surface area contributed by atoms with E-state index in [4.69, 9.17) is 60.1 Å². The van der Waals surface area contributed by atoms with Crippen molar-refractivity contribution in [1.29, 1.82) is 0 Å². The van der Waals surface area contributed by atoms with Crippen LogP contribution < -0.4 is 0 Å². The molecule has 41 heteroatoms. The van der Waals surface area contributed by atoms with Gasteiger partial charge in [-0.3, -0.25) is 54.8 Å². The average Bonchev–Trinajstić information content (AvgIpc) is 0.901. The van der Waals surface area contributed by atoms with Gasteiger partial charge in [-0.1, -0.05) is 62.5 Å². The van der Waals surface area contributed by atoms with E-state index in [-0.39, 0.29) is 14.9 Å². The molecule has 0 bridgehead atoms. The first-order chi connectivity index (χ1) is 43.2. The standard InChI is InChI=1S/C6H15O2P.C6H13O2P.C5H11O3P.2C5H13O3P.C5H13O2P.3C4H11O2P.C4H11OP.2C3H9O2P.C2H7O2P.2CH4/c2*1-4-6-9(3,7)8-5-2;1-2-9(6)7-4-3-5-8-9;1-4-7-9(3,6)8-5-2;1-4-8-9(3,7)5(2)6;1-4-7-8(3,6)5-2;2*1-4-6-7(2,3)5;1-4-7(3,5)6-2;1-4-6(2,3)5;1-5-6(2,3)4;1-3-6(2,4)5;1-5(2,3)4;;/h4-6H2,1-3H3;4,6H,5H2,1-3H3;2-5H2,1H3;4-5H2,1-3H3;5-6H,4H2,1-3H3;4-5H2,1-3H3;3*4H2,1-3H3;4H2,1-3H3;1-3H3;3H2,1-2H3,(H,4,5);1-2H3,(H,3,4);2*1H4/b;6-4+;;;;;;;;;;;;;. The summed E-state index contributed by atoms with van der Waals surface area (Å²) in [5, 5.41) is 8.82. The molecule has 99 heavy (non-hydrogen) atoms. The largest absolute Gasteiger partial charge is 0.383 e. The van der Waals surface area contributed by atoms with Crippen molar-refractivity contribution in [2.24, 2.45) is 0 Å². The Balaban J connectivity index is -0.0000000660. The van der Waals surface area contributed by atoms with Crippen molar-refractivity contribution in [2.45, 2.75) is 144 Å². The summed E-state index contributed by atoms with van der Waals surface area (Å²) in [6.45, 7) is 60.8. The molecule has 0 radical (unpaired) electrons. The summed E-state index contributed by atoms with van der Waals surface area (Å²) in [6.07, 6.45) is 7.23. The van der Waals surface area contributed by atoms with Crippen molar-refractivity contribution in [3.05, 3.63) is 11.9 Å². The minimum atomic E-state index is -2.71. The lowest BCUT2D eigenvalue weighted by atomic mass is 10.5. The Morgan fingerprint density at radius 2 is 0.717 bits per heavy atom. The van der Waals surface area contributed by atoms with Gasteiger partial charge in [0.2, 0.25) is 14.7 Å². The summed E-state index contributed by atoms with van der Waals surface area (Å²) in [5.41, 5.74) is 0. The van der Waals surface area contributed by atoms with Crippen molar-refractivity contribution in [1.82, 2.24) is 0 Å². The minimum absolute atomic E-state index is 0. The summed E-state index contributed by atoms with van der Waals surface area (Å²) >= 11 is 0. The molecular formula is C58H155O28P13. The van der Waals surface area contributed by atoms with Gasteiger partial charge in [-0.05, 0) is 107 Å². The number of allylic oxidation sites excluding steroid dienone is 1. The van der Waals surface area contributed by atoms with E-state index >= 15 is 0 Å². The van der Waals surface area contributed by atoms with Crippen molar-refractivity contribution in [3.8, 4) is 0 Å². The molecular weight excluding hydrogens is 1550 g/mol. The molecule has 0 aliphatic carbocycles. The second kappa shape index (κ2) is 74.2. The van der Waals surface area contributed by atoms with Crippen molar-refractivity contribution in [2.75, 3.05) is 231 Å². The van der Waals surface area contributed by atoms with E-state index < -0.39 is 102 Å². The summed E-state index contributed by atoms with van der Waals surface area (Å²) in [4.78, 5) is 16.5. The van der Waals surface area contributed by atoms with Gasteiger partial charge in [-0.15, -0.1) is 0 Å². The van der Waals surface area contributed by atoms with Gasteiger partial charge in [0.25, 0.3) is 0 Å². The number of aliphatic hydroxyl groups is 1. The number of hydrogen-bond donors (Lipinski definition) is 3. The molecule has 0 spiro atoms. The molecule has 7 atom stereocenters. The lowest BCUT2D eigenvalue weighted by Gasteiger charge is -2.21. The molecule has 28 nitrogen and oxygen atoms in total. The van der Waals surface area contributed by atoms with E-state index in [9.17, 15) is 59.3 Å². The van der Waals surface area contributed by atoms with Crippen LogP contribution in [-0.4, -0.2) is 251 Å². The summed E-state index contributed by atoms with van der Waals surface area (Å²) in [5.74, 6) is 0.758. The van der Waals surface area contributed by atoms with E-state index in [0.29, 0.717) is 96.9 Å². The summed E-state index contributed by atoms with van der Waals surface area (Å²) < 4.78 is 197. The molecule has 3 N–H and O–H groups in total. The Labute approximate surface area is 608 Å². The number of rotatable bonds is 27. The predicted octanol–water partition coefficient (Wildman–Crippen LogP) is 21.7. The van der Waals surface area contributed by atoms with E-state index in [2.05, 4.69) is 9.05 Å². The number of aliphatic hydroxyl groups excluding tert-OH is 1. The van der Waals surface area contributed by atoms with Crippen LogP contribution in [0.2, 0.25) is 0 Å². The van der Waals surface area contributed by atoms with Gasteiger partial charge in [0, 0.05) is 145 Å². The molecule has 0 amide bonds. The zero-order valence-electron chi connectivity index (χ0n) is 66.8. The molecule has 1 aliphatic heterocycles. The third kappa shape index (κ3) is 154. The number of hydrogen-bond acceptors (Lipinski definition) is 26. The van der Waals surface area contributed by atoms with Crippen LogP contribution in [0.25, 0.3) is 0 Å². The average molecular weight is 1700 g/mol. The van der Waals surface area contributed by atoms with Gasteiger partial charge in [-0.2, -0.15) is 0 Å². The van der Waals surface area contributed by atoms with Gasteiger partial charge in [0.05, 0.1) is 73.2 Å². The molecule has 7 unspecified atom stereocenters. The summed E-state index contributed by atoms with van der Waals surface area (Å²) in [6, 6.07) is 0. The maximum atomic E-state index is 11.2. The Kier molecular flexibility index (Phi) is 100. The SMILES string of the molecule is C.C.C/C=C/P(C)(=O)OCC.CCCP(C)(=O)OCC.CCOP(C)(=O)C(C)O.CCOP(C)(=O)CC.CCOP(C)(=O)OCC.CCOP(C)(C)=O.CCOP(C)(C)=O.CCP(C)(=O)O.CCP(C)(=O)OC.CCP(C)(C)=O.CCP1(=O)OCCCO1.COP(C)(C)=O.CP(C)(=O)O. The predicted molar refractivity (Wildman–Crippen MR) is 435 cm³/mol. The van der Waals surface area contributed by atoms with Crippen LogP contribution in [-0.2, 0) is 114 Å². The van der Waals surface area contributed by atoms with E-state index in [1.165, 1.54) is 54.5 Å². The van der Waals surface area contributed by atoms with E-state index in [1.54, 1.807) is 120 Å². The van der Waals surface area contributed by atoms with Gasteiger partial charge in [0.1, 0.15) is 5.85 Å². The highest BCUT2D eigenvalue weighted by molar-refractivity contribution is 7.62. The van der Waals surface area contributed by atoms with Gasteiger partial charge >= 0.3 is 15.2 Å². The molecule has 1 rings (SSSR count). The minimum Gasteiger partial charge on any atom is -0.383 e. The fraction of sp³-hybridized carbons (Fsp3) is 0.966. The topological polar surface area (TPSA) is 393 Å². The molecule has 1 saturated heterocycles. The zero-order chi connectivity index (χ0) is 80.7. The highest BCUT2D eigenvalue weighted by atomic mass is 31.2. The molecule has 620 valence electrons. The molecule has 1 aliphatic rings.